The van der Waals surface area contributed by atoms with Crippen LogP contribution < -0.4 is 0 Å². The van der Waals surface area contributed by atoms with E-state index in [1.54, 1.807) is 12.1 Å². The molecule has 1 saturated heterocycles. The van der Waals surface area contributed by atoms with Crippen molar-refractivity contribution in [3.8, 4) is 0 Å². The number of hydrogen-bond donors (Lipinski definition) is 0. The maximum atomic E-state index is 11.9. The van der Waals surface area contributed by atoms with Gasteiger partial charge in [-0.1, -0.05) is 12.6 Å². The molecular formula is C16H16O7. The highest BCUT2D eigenvalue weighted by atomic mass is 16.6. The van der Waals surface area contributed by atoms with Gasteiger partial charge in [0.05, 0.1) is 17.7 Å². The first-order valence-corrected chi connectivity index (χ1v) is 6.95. The zero-order chi connectivity index (χ0) is 16.7. The molecule has 1 unspecified atom stereocenters. The van der Waals surface area contributed by atoms with Crippen LogP contribution in [-0.4, -0.2) is 50.4 Å². The van der Waals surface area contributed by atoms with Gasteiger partial charge in [-0.2, -0.15) is 0 Å². The third-order valence-corrected chi connectivity index (χ3v) is 2.86. The van der Waals surface area contributed by atoms with Gasteiger partial charge in [-0.3, -0.25) is 0 Å². The minimum atomic E-state index is -0.625. The molecular weight excluding hydrogens is 304 g/mol. The standard InChI is InChI=1S/C16H16O7/c1-2-14(17)20-6-7-21-15(18)11-4-3-5-12(8-11)16(19)23-10-13-9-22-13/h2-5,8,13H,1,6-7,9-10H2. The second kappa shape index (κ2) is 8.09. The van der Waals surface area contributed by atoms with Gasteiger partial charge in [0.15, 0.2) is 0 Å². The summed E-state index contributed by atoms with van der Waals surface area (Å²) in [6, 6.07) is 5.99. The average molecular weight is 320 g/mol. The molecule has 0 spiro atoms. The van der Waals surface area contributed by atoms with Crippen molar-refractivity contribution in [2.45, 2.75) is 6.10 Å². The topological polar surface area (TPSA) is 91.4 Å². The van der Waals surface area contributed by atoms with E-state index in [1.165, 1.54) is 12.1 Å². The first-order chi connectivity index (χ1) is 11.1. The smallest absolute Gasteiger partial charge is 0.338 e. The number of epoxide rings is 1. The monoisotopic (exact) mass is 320 g/mol. The quantitative estimate of drug-likeness (QED) is 0.233. The lowest BCUT2D eigenvalue weighted by Gasteiger charge is -2.07. The molecule has 0 radical (unpaired) electrons. The van der Waals surface area contributed by atoms with Gasteiger partial charge >= 0.3 is 17.9 Å². The minimum Gasteiger partial charge on any atom is -0.459 e. The van der Waals surface area contributed by atoms with Gasteiger partial charge in [0.25, 0.3) is 0 Å². The molecule has 1 atom stereocenters. The van der Waals surface area contributed by atoms with Gasteiger partial charge in [0.2, 0.25) is 0 Å². The van der Waals surface area contributed by atoms with Gasteiger partial charge in [-0.15, -0.1) is 0 Å². The zero-order valence-electron chi connectivity index (χ0n) is 12.4. The van der Waals surface area contributed by atoms with Crippen molar-refractivity contribution in [1.82, 2.24) is 0 Å². The molecule has 0 saturated carbocycles. The van der Waals surface area contributed by atoms with E-state index in [4.69, 9.17) is 14.2 Å². The lowest BCUT2D eigenvalue weighted by molar-refractivity contribution is -0.138. The summed E-state index contributed by atoms with van der Waals surface area (Å²) < 4.78 is 19.6. The van der Waals surface area contributed by atoms with Crippen molar-refractivity contribution in [3.05, 3.63) is 48.0 Å². The minimum absolute atomic E-state index is 0.0228. The average Bonchev–Trinajstić information content (AvgIpc) is 3.40. The first-order valence-electron chi connectivity index (χ1n) is 6.95. The highest BCUT2D eigenvalue weighted by Crippen LogP contribution is 2.12. The Kier molecular flexibility index (Phi) is 5.87. The van der Waals surface area contributed by atoms with Gasteiger partial charge in [-0.25, -0.2) is 14.4 Å². The Hall–Kier alpha value is -2.67. The first kappa shape index (κ1) is 16.7. The molecule has 1 aromatic carbocycles. The van der Waals surface area contributed by atoms with Gasteiger partial charge in [0.1, 0.15) is 25.9 Å². The molecule has 122 valence electrons. The molecule has 1 aliphatic heterocycles. The van der Waals surface area contributed by atoms with Crippen molar-refractivity contribution in [2.75, 3.05) is 26.4 Å². The fraction of sp³-hybridized carbons (Fsp3) is 0.312. The summed E-state index contributed by atoms with van der Waals surface area (Å²) in [6.07, 6.45) is 0.995. The summed E-state index contributed by atoms with van der Waals surface area (Å²) in [5, 5.41) is 0. The second-order valence-electron chi connectivity index (χ2n) is 4.64. The Morgan fingerprint density at radius 2 is 1.74 bits per heavy atom. The maximum absolute atomic E-state index is 11.9. The van der Waals surface area contributed by atoms with Crippen LogP contribution in [0.5, 0.6) is 0 Å². The van der Waals surface area contributed by atoms with E-state index in [-0.39, 0.29) is 37.1 Å². The van der Waals surface area contributed by atoms with Gasteiger partial charge in [-0.05, 0) is 18.2 Å². The summed E-state index contributed by atoms with van der Waals surface area (Å²) in [5.41, 5.74) is 0.454. The molecule has 1 aliphatic rings. The number of carbonyl (C=O) groups is 3. The number of ether oxygens (including phenoxy) is 4. The van der Waals surface area contributed by atoms with E-state index in [0.29, 0.717) is 6.61 Å². The van der Waals surface area contributed by atoms with Crippen LogP contribution in [0.15, 0.2) is 36.9 Å². The second-order valence-corrected chi connectivity index (χ2v) is 4.64. The number of carbonyl (C=O) groups excluding carboxylic acids is 3. The third kappa shape index (κ3) is 5.55. The Bertz CT molecular complexity index is 604. The summed E-state index contributed by atoms with van der Waals surface area (Å²) in [5.74, 6) is -1.75. The Balaban J connectivity index is 1.82. The van der Waals surface area contributed by atoms with E-state index >= 15 is 0 Å². The summed E-state index contributed by atoms with van der Waals surface area (Å²) in [7, 11) is 0. The van der Waals surface area contributed by atoms with Crippen molar-refractivity contribution in [1.29, 1.82) is 0 Å². The Labute approximate surface area is 132 Å². The molecule has 2 rings (SSSR count). The fourth-order valence-corrected chi connectivity index (χ4v) is 1.61. The van der Waals surface area contributed by atoms with Crippen LogP contribution in [0.1, 0.15) is 20.7 Å². The van der Waals surface area contributed by atoms with E-state index in [0.717, 1.165) is 6.08 Å². The predicted octanol–water partition coefficient (Wildman–Crippen LogP) is 1.13. The van der Waals surface area contributed by atoms with Crippen LogP contribution in [0.2, 0.25) is 0 Å². The van der Waals surface area contributed by atoms with E-state index < -0.39 is 17.9 Å². The molecule has 0 aliphatic carbocycles. The summed E-state index contributed by atoms with van der Waals surface area (Å²) in [6.45, 7) is 3.87. The molecule has 0 amide bonds. The van der Waals surface area contributed by atoms with Crippen LogP contribution in [-0.2, 0) is 23.7 Å². The number of hydrogen-bond acceptors (Lipinski definition) is 7. The van der Waals surface area contributed by atoms with Crippen molar-refractivity contribution < 1.29 is 33.3 Å². The Morgan fingerprint density at radius 1 is 1.13 bits per heavy atom. The van der Waals surface area contributed by atoms with Crippen LogP contribution in [0, 0.1) is 0 Å². The summed E-state index contributed by atoms with van der Waals surface area (Å²) >= 11 is 0. The number of esters is 3. The van der Waals surface area contributed by atoms with Crippen molar-refractivity contribution in [2.24, 2.45) is 0 Å². The molecule has 1 aromatic rings. The predicted molar refractivity (Wildman–Crippen MR) is 77.9 cm³/mol. The van der Waals surface area contributed by atoms with Gasteiger partial charge < -0.3 is 18.9 Å². The number of rotatable bonds is 8. The molecule has 1 heterocycles. The van der Waals surface area contributed by atoms with E-state index in [9.17, 15) is 14.4 Å². The van der Waals surface area contributed by atoms with Crippen LogP contribution in [0.4, 0.5) is 0 Å². The van der Waals surface area contributed by atoms with E-state index in [2.05, 4.69) is 11.3 Å². The highest BCUT2D eigenvalue weighted by Gasteiger charge is 2.24. The lowest BCUT2D eigenvalue weighted by atomic mass is 10.1. The van der Waals surface area contributed by atoms with Crippen LogP contribution in [0.25, 0.3) is 0 Å². The van der Waals surface area contributed by atoms with Crippen molar-refractivity contribution in [3.63, 3.8) is 0 Å². The largest absolute Gasteiger partial charge is 0.459 e. The SMILES string of the molecule is C=CC(=O)OCCOC(=O)c1cccc(C(=O)OCC2CO2)c1. The molecule has 7 heteroatoms. The Morgan fingerprint density at radius 3 is 2.35 bits per heavy atom. The molecule has 1 fully saturated rings. The maximum Gasteiger partial charge on any atom is 0.338 e. The van der Waals surface area contributed by atoms with Crippen LogP contribution in [0.3, 0.4) is 0 Å². The molecule has 0 aromatic heterocycles. The molecule has 7 nitrogen and oxygen atoms in total. The zero-order valence-corrected chi connectivity index (χ0v) is 12.4. The third-order valence-electron chi connectivity index (χ3n) is 2.86. The molecule has 0 bridgehead atoms. The molecule has 23 heavy (non-hydrogen) atoms. The number of benzene rings is 1. The highest BCUT2D eigenvalue weighted by molar-refractivity contribution is 5.95. The fourth-order valence-electron chi connectivity index (χ4n) is 1.61. The summed E-state index contributed by atoms with van der Waals surface area (Å²) in [4.78, 5) is 34.5. The lowest BCUT2D eigenvalue weighted by Crippen LogP contribution is -2.14. The normalized spacial score (nSPS) is 15.4. The van der Waals surface area contributed by atoms with Gasteiger partial charge in [0, 0.05) is 6.08 Å². The van der Waals surface area contributed by atoms with Crippen molar-refractivity contribution >= 4 is 17.9 Å². The molecule has 0 N–H and O–H groups in total. The van der Waals surface area contributed by atoms with E-state index in [1.807, 2.05) is 0 Å². The van der Waals surface area contributed by atoms with Crippen LogP contribution >= 0.6 is 0 Å².